The van der Waals surface area contributed by atoms with Gasteiger partial charge in [-0.2, -0.15) is 0 Å². The summed E-state index contributed by atoms with van der Waals surface area (Å²) in [5, 5.41) is 0. The van der Waals surface area contributed by atoms with E-state index in [1.165, 1.54) is 0 Å². The highest BCUT2D eigenvalue weighted by Gasteiger charge is 2.51. The molecule has 2 heterocycles. The lowest BCUT2D eigenvalue weighted by atomic mass is 10.1. The summed E-state index contributed by atoms with van der Waals surface area (Å²) in [4.78, 5) is 44.0. The molecule has 1 saturated heterocycles. The van der Waals surface area contributed by atoms with Gasteiger partial charge >= 0.3 is 17.9 Å². The first-order chi connectivity index (χ1) is 21.0. The Morgan fingerprint density at radius 1 is 0.721 bits per heavy atom. The Hall–Kier alpha value is -4.80. The van der Waals surface area contributed by atoms with Crippen LogP contribution in [0.4, 0.5) is 0 Å². The number of ether oxygens (including phenoxy) is 4. The second-order valence-electron chi connectivity index (χ2n) is 9.79. The molecule has 0 spiro atoms. The van der Waals surface area contributed by atoms with E-state index in [0.29, 0.717) is 27.7 Å². The Kier molecular flexibility index (Phi) is 8.30. The number of imidazole rings is 1. The maximum atomic E-state index is 13.4. The van der Waals surface area contributed by atoms with Crippen molar-refractivity contribution in [1.29, 1.82) is 0 Å². The van der Waals surface area contributed by atoms with E-state index in [4.69, 9.17) is 18.9 Å². The summed E-state index contributed by atoms with van der Waals surface area (Å²) in [6.07, 6.45) is -2.65. The maximum absolute atomic E-state index is 13.4. The molecule has 1 aliphatic rings. The van der Waals surface area contributed by atoms with Gasteiger partial charge in [0.2, 0.25) is 0 Å². The van der Waals surface area contributed by atoms with E-state index in [1.54, 1.807) is 102 Å². The van der Waals surface area contributed by atoms with Crippen molar-refractivity contribution < 1.29 is 33.3 Å². The number of benzene rings is 4. The average molecular weight is 641 g/mol. The summed E-state index contributed by atoms with van der Waals surface area (Å²) in [5.41, 5.74) is 2.34. The van der Waals surface area contributed by atoms with Gasteiger partial charge in [-0.1, -0.05) is 70.5 Å². The van der Waals surface area contributed by atoms with E-state index in [2.05, 4.69) is 20.9 Å². The van der Waals surface area contributed by atoms with Crippen LogP contribution in [0.15, 0.2) is 120 Å². The van der Waals surface area contributed by atoms with Gasteiger partial charge in [0, 0.05) is 4.47 Å². The molecule has 216 valence electrons. The van der Waals surface area contributed by atoms with E-state index in [9.17, 15) is 14.4 Å². The van der Waals surface area contributed by atoms with E-state index in [0.717, 1.165) is 4.47 Å². The van der Waals surface area contributed by atoms with Gasteiger partial charge in [0.25, 0.3) is 0 Å². The summed E-state index contributed by atoms with van der Waals surface area (Å²) in [6.45, 7) is -0.271. The number of carbonyl (C=O) groups excluding carboxylic acids is 3. The van der Waals surface area contributed by atoms with E-state index in [-0.39, 0.29) is 6.61 Å². The van der Waals surface area contributed by atoms with Gasteiger partial charge in [0.1, 0.15) is 12.7 Å². The minimum absolute atomic E-state index is 0.271. The molecular weight excluding hydrogens is 616 g/mol. The summed E-state index contributed by atoms with van der Waals surface area (Å²) in [6, 6.07) is 31.0. The Morgan fingerprint density at radius 3 is 1.84 bits per heavy atom. The molecule has 0 bridgehead atoms. The molecule has 1 aromatic heterocycles. The first kappa shape index (κ1) is 28.3. The lowest BCUT2D eigenvalue weighted by molar-refractivity contribution is -0.0604. The number of fused-ring (bicyclic) bond motifs is 1. The second-order valence-corrected chi connectivity index (χ2v) is 10.7. The van der Waals surface area contributed by atoms with E-state index < -0.39 is 42.4 Å². The number of nitrogens with zero attached hydrogens (tertiary/aromatic N) is 2. The van der Waals surface area contributed by atoms with E-state index >= 15 is 0 Å². The van der Waals surface area contributed by atoms with Crippen molar-refractivity contribution in [3.05, 3.63) is 137 Å². The zero-order valence-electron chi connectivity index (χ0n) is 22.6. The van der Waals surface area contributed by atoms with Gasteiger partial charge in [-0.05, 0) is 54.6 Å². The Labute approximate surface area is 255 Å². The molecule has 43 heavy (non-hydrogen) atoms. The van der Waals surface area contributed by atoms with Crippen molar-refractivity contribution >= 4 is 44.9 Å². The van der Waals surface area contributed by atoms with Crippen LogP contribution in [0, 0.1) is 0 Å². The molecule has 4 atom stereocenters. The number of esters is 3. The lowest BCUT2D eigenvalue weighted by Crippen LogP contribution is -2.41. The summed E-state index contributed by atoms with van der Waals surface area (Å²) < 4.78 is 26.6. The number of halogens is 1. The Bertz CT molecular complexity index is 1740. The number of rotatable bonds is 8. The molecule has 0 amide bonds. The van der Waals surface area contributed by atoms with Gasteiger partial charge in [0.15, 0.2) is 18.4 Å². The maximum Gasteiger partial charge on any atom is 0.338 e. The topological polar surface area (TPSA) is 106 Å². The molecule has 0 radical (unpaired) electrons. The zero-order valence-corrected chi connectivity index (χ0v) is 24.2. The molecule has 1 fully saturated rings. The third-order valence-corrected chi connectivity index (χ3v) is 7.48. The van der Waals surface area contributed by atoms with Crippen LogP contribution in [-0.2, 0) is 18.9 Å². The summed E-state index contributed by atoms with van der Waals surface area (Å²) in [7, 11) is 0. The van der Waals surface area contributed by atoms with Crippen LogP contribution < -0.4 is 0 Å². The molecule has 0 N–H and O–H groups in total. The van der Waals surface area contributed by atoms with Gasteiger partial charge in [-0.25, -0.2) is 19.4 Å². The quantitative estimate of drug-likeness (QED) is 0.150. The monoisotopic (exact) mass is 640 g/mol. The molecule has 1 aliphatic heterocycles. The summed E-state index contributed by atoms with van der Waals surface area (Å²) >= 11 is 3.50. The van der Waals surface area contributed by atoms with Crippen LogP contribution in [0.5, 0.6) is 0 Å². The molecular formula is C33H25BrN2O7. The zero-order chi connectivity index (χ0) is 29.8. The normalized spacial score (nSPS) is 19.6. The molecule has 5 aromatic rings. The standard InChI is InChI=1S/C33H25BrN2O7/c34-24-16-17-25-26(18-24)36(20-35-25)30-29(43-33(39)23-14-8-3-9-15-23)28(42-32(38)22-12-6-2-7-13-22)27(41-30)19-40-31(37)21-10-4-1-5-11-21/h1-18,20,27-30H,19H2/t27-,28-,29-,30-/m1/s1. The van der Waals surface area contributed by atoms with Crippen LogP contribution >= 0.6 is 15.9 Å². The minimum atomic E-state index is -1.14. The predicted molar refractivity (Wildman–Crippen MR) is 159 cm³/mol. The Morgan fingerprint density at radius 2 is 1.26 bits per heavy atom. The van der Waals surface area contributed by atoms with Gasteiger partial charge in [0.05, 0.1) is 34.1 Å². The summed E-state index contributed by atoms with van der Waals surface area (Å²) in [5.74, 6) is -1.85. The fraction of sp³-hybridized carbons (Fsp3) is 0.152. The SMILES string of the molecule is O=C(OC[C@H]1O[C@@H](n2cnc3ccc(Br)cc32)[C@H](OC(=O)c2ccccc2)[C@@H]1OC(=O)c1ccccc1)c1ccccc1. The fourth-order valence-electron chi connectivity index (χ4n) is 4.88. The highest BCUT2D eigenvalue weighted by atomic mass is 79.9. The van der Waals surface area contributed by atoms with Crippen molar-refractivity contribution in [2.45, 2.75) is 24.5 Å². The fourth-order valence-corrected chi connectivity index (χ4v) is 5.23. The number of aromatic nitrogens is 2. The molecule has 0 saturated carbocycles. The molecule has 4 aromatic carbocycles. The highest BCUT2D eigenvalue weighted by molar-refractivity contribution is 9.10. The van der Waals surface area contributed by atoms with Crippen molar-refractivity contribution in [1.82, 2.24) is 9.55 Å². The molecule has 10 heteroatoms. The highest BCUT2D eigenvalue weighted by Crippen LogP contribution is 2.37. The van der Waals surface area contributed by atoms with Gasteiger partial charge in [-0.15, -0.1) is 0 Å². The third-order valence-electron chi connectivity index (χ3n) is 6.99. The van der Waals surface area contributed by atoms with Crippen LogP contribution in [0.2, 0.25) is 0 Å². The largest absolute Gasteiger partial charge is 0.459 e. The van der Waals surface area contributed by atoms with Crippen molar-refractivity contribution in [2.24, 2.45) is 0 Å². The van der Waals surface area contributed by atoms with Crippen LogP contribution in [0.3, 0.4) is 0 Å². The minimum Gasteiger partial charge on any atom is -0.459 e. The van der Waals surface area contributed by atoms with Crippen molar-refractivity contribution in [3.8, 4) is 0 Å². The smallest absolute Gasteiger partial charge is 0.338 e. The number of hydrogen-bond donors (Lipinski definition) is 0. The van der Waals surface area contributed by atoms with Crippen molar-refractivity contribution in [3.63, 3.8) is 0 Å². The molecule has 0 aliphatic carbocycles. The van der Waals surface area contributed by atoms with Gasteiger partial charge in [-0.3, -0.25) is 0 Å². The molecule has 0 unspecified atom stereocenters. The van der Waals surface area contributed by atoms with E-state index in [1.807, 2.05) is 18.2 Å². The third kappa shape index (κ3) is 6.20. The number of carbonyl (C=O) groups is 3. The van der Waals surface area contributed by atoms with Crippen LogP contribution in [-0.4, -0.2) is 52.4 Å². The average Bonchev–Trinajstić information content (AvgIpc) is 3.61. The lowest BCUT2D eigenvalue weighted by Gasteiger charge is -2.25. The molecule has 9 nitrogen and oxygen atoms in total. The Balaban J connectivity index is 1.37. The second kappa shape index (κ2) is 12.6. The molecule has 6 rings (SSSR count). The first-order valence-corrected chi connectivity index (χ1v) is 14.3. The van der Waals surface area contributed by atoms with Crippen LogP contribution in [0.1, 0.15) is 37.3 Å². The van der Waals surface area contributed by atoms with Crippen LogP contribution in [0.25, 0.3) is 11.0 Å². The predicted octanol–water partition coefficient (Wildman–Crippen LogP) is 6.00. The van der Waals surface area contributed by atoms with Gasteiger partial charge < -0.3 is 23.5 Å². The first-order valence-electron chi connectivity index (χ1n) is 13.5. The van der Waals surface area contributed by atoms with Crippen molar-refractivity contribution in [2.75, 3.05) is 6.61 Å². The number of hydrogen-bond acceptors (Lipinski definition) is 8.